The van der Waals surface area contributed by atoms with Crippen molar-refractivity contribution in [2.45, 2.75) is 19.0 Å². The molecule has 0 unspecified atom stereocenters. The van der Waals surface area contributed by atoms with Crippen LogP contribution in [0.1, 0.15) is 23.8 Å². The molecule has 2 aromatic rings. The topological polar surface area (TPSA) is 71.8 Å². The summed E-state index contributed by atoms with van der Waals surface area (Å²) in [5, 5.41) is 3.01. The Morgan fingerprint density at radius 2 is 2.12 bits per heavy atom. The predicted octanol–water partition coefficient (Wildman–Crippen LogP) is 1.88. The number of carbonyl (C=O) groups excluding carboxylic acids is 2. The summed E-state index contributed by atoms with van der Waals surface area (Å²) >= 11 is 0. The molecule has 2 atom stereocenters. The monoisotopic (exact) mass is 326 g/mol. The highest BCUT2D eigenvalue weighted by molar-refractivity contribution is 5.89. The largest absolute Gasteiger partial charge is 0.491 e. The first-order valence-electron chi connectivity index (χ1n) is 8.03. The Morgan fingerprint density at radius 1 is 1.25 bits per heavy atom. The fraction of sp³-hybridized carbons (Fsp3) is 0.333. The molecule has 2 aliphatic heterocycles. The summed E-state index contributed by atoms with van der Waals surface area (Å²) in [6.07, 6.45) is 1.82. The molecule has 0 saturated carbocycles. The van der Waals surface area contributed by atoms with Crippen molar-refractivity contribution in [3.05, 3.63) is 54.0 Å². The van der Waals surface area contributed by atoms with Gasteiger partial charge in [0, 0.05) is 18.5 Å². The Labute approximate surface area is 139 Å². The van der Waals surface area contributed by atoms with Crippen molar-refractivity contribution in [2.75, 3.05) is 13.2 Å². The lowest BCUT2D eigenvalue weighted by Gasteiger charge is -2.17. The van der Waals surface area contributed by atoms with E-state index in [1.807, 2.05) is 30.3 Å². The second kappa shape index (κ2) is 6.03. The second-order valence-electron chi connectivity index (χ2n) is 6.16. The number of amides is 2. The standard InChI is InChI=1S/C18H18N2O4/c21-17-8-12(9-20(17)10-13-4-3-7-23-13)18(22)19-15-11-24-16-6-2-1-5-14(15)16/h1-7,12,15H,8-11H2,(H,19,22)/t12-,15+/m1/s1. The molecule has 6 nitrogen and oxygen atoms in total. The number of furan rings is 1. The molecule has 124 valence electrons. The molecule has 6 heteroatoms. The summed E-state index contributed by atoms with van der Waals surface area (Å²) in [5.74, 6) is 1.08. The average molecular weight is 326 g/mol. The molecule has 1 aromatic heterocycles. The van der Waals surface area contributed by atoms with E-state index in [0.717, 1.165) is 17.1 Å². The Bertz CT molecular complexity index is 756. The molecule has 0 aliphatic carbocycles. The van der Waals surface area contributed by atoms with Crippen LogP contribution >= 0.6 is 0 Å². The normalized spacial score (nSPS) is 22.3. The van der Waals surface area contributed by atoms with Crippen molar-refractivity contribution >= 4 is 11.8 Å². The number of para-hydroxylation sites is 1. The van der Waals surface area contributed by atoms with E-state index in [9.17, 15) is 9.59 Å². The van der Waals surface area contributed by atoms with Crippen molar-refractivity contribution in [2.24, 2.45) is 5.92 Å². The Balaban J connectivity index is 1.38. The van der Waals surface area contributed by atoms with Gasteiger partial charge in [0.1, 0.15) is 18.1 Å². The molecule has 1 aromatic carbocycles. The van der Waals surface area contributed by atoms with E-state index in [1.165, 1.54) is 0 Å². The van der Waals surface area contributed by atoms with Gasteiger partial charge in [0.2, 0.25) is 11.8 Å². The molecule has 4 rings (SSSR count). The van der Waals surface area contributed by atoms with Gasteiger partial charge in [-0.25, -0.2) is 0 Å². The highest BCUT2D eigenvalue weighted by Crippen LogP contribution is 2.32. The Morgan fingerprint density at radius 3 is 2.96 bits per heavy atom. The minimum Gasteiger partial charge on any atom is -0.491 e. The van der Waals surface area contributed by atoms with Crippen LogP contribution in [0.3, 0.4) is 0 Å². The molecule has 2 amide bonds. The van der Waals surface area contributed by atoms with Crippen LogP contribution in [0.4, 0.5) is 0 Å². The molecule has 1 N–H and O–H groups in total. The summed E-state index contributed by atoms with van der Waals surface area (Å²) in [6, 6.07) is 11.2. The zero-order valence-electron chi connectivity index (χ0n) is 13.1. The van der Waals surface area contributed by atoms with Gasteiger partial charge in [0.05, 0.1) is 24.8 Å². The maximum absolute atomic E-state index is 12.5. The molecule has 24 heavy (non-hydrogen) atoms. The zero-order valence-corrected chi connectivity index (χ0v) is 13.1. The number of ether oxygens (including phenoxy) is 1. The number of fused-ring (bicyclic) bond motifs is 1. The number of benzene rings is 1. The number of nitrogens with one attached hydrogen (secondary N) is 1. The third kappa shape index (κ3) is 2.75. The van der Waals surface area contributed by atoms with Gasteiger partial charge < -0.3 is 19.4 Å². The van der Waals surface area contributed by atoms with Crippen molar-refractivity contribution in [1.29, 1.82) is 0 Å². The maximum Gasteiger partial charge on any atom is 0.226 e. The first-order valence-corrected chi connectivity index (χ1v) is 8.03. The lowest BCUT2D eigenvalue weighted by atomic mass is 10.1. The van der Waals surface area contributed by atoms with Gasteiger partial charge in [-0.3, -0.25) is 9.59 Å². The quantitative estimate of drug-likeness (QED) is 0.931. The average Bonchev–Trinajstić information content (AvgIpc) is 3.30. The van der Waals surface area contributed by atoms with Gasteiger partial charge in [-0.2, -0.15) is 0 Å². The molecule has 1 saturated heterocycles. The van der Waals surface area contributed by atoms with Crippen molar-refractivity contribution in [3.63, 3.8) is 0 Å². The fourth-order valence-electron chi connectivity index (χ4n) is 3.26. The van der Waals surface area contributed by atoms with E-state index in [2.05, 4.69) is 5.32 Å². The highest BCUT2D eigenvalue weighted by Gasteiger charge is 2.36. The number of hydrogen-bond donors (Lipinski definition) is 1. The molecule has 2 aliphatic rings. The van der Waals surface area contributed by atoms with Crippen LogP contribution in [-0.4, -0.2) is 29.9 Å². The first-order chi connectivity index (χ1) is 11.7. The van der Waals surface area contributed by atoms with E-state index >= 15 is 0 Å². The van der Waals surface area contributed by atoms with E-state index in [4.69, 9.17) is 9.15 Å². The Hall–Kier alpha value is -2.76. The van der Waals surface area contributed by atoms with E-state index in [1.54, 1.807) is 17.2 Å². The number of likely N-dealkylation sites (tertiary alicyclic amines) is 1. The van der Waals surface area contributed by atoms with Crippen LogP contribution in [-0.2, 0) is 16.1 Å². The van der Waals surface area contributed by atoms with Crippen LogP contribution in [0.2, 0.25) is 0 Å². The lowest BCUT2D eigenvalue weighted by molar-refractivity contribution is -0.129. The van der Waals surface area contributed by atoms with Gasteiger partial charge in [0.25, 0.3) is 0 Å². The summed E-state index contributed by atoms with van der Waals surface area (Å²) in [6.45, 7) is 1.26. The summed E-state index contributed by atoms with van der Waals surface area (Å²) in [7, 11) is 0. The highest BCUT2D eigenvalue weighted by atomic mass is 16.5. The smallest absolute Gasteiger partial charge is 0.226 e. The predicted molar refractivity (Wildman–Crippen MR) is 85.1 cm³/mol. The van der Waals surface area contributed by atoms with Crippen molar-refractivity contribution < 1.29 is 18.7 Å². The van der Waals surface area contributed by atoms with Crippen LogP contribution in [0.15, 0.2) is 47.1 Å². The molecular formula is C18H18N2O4. The SMILES string of the molecule is O=C(N[C@H]1COc2ccccc21)[C@@H]1CC(=O)N(Cc2ccco2)C1. The van der Waals surface area contributed by atoms with Gasteiger partial charge in [-0.1, -0.05) is 18.2 Å². The van der Waals surface area contributed by atoms with Crippen molar-refractivity contribution in [3.8, 4) is 5.75 Å². The summed E-state index contributed by atoms with van der Waals surface area (Å²) < 4.78 is 10.9. The third-order valence-electron chi connectivity index (χ3n) is 4.53. The van der Waals surface area contributed by atoms with Gasteiger partial charge in [0.15, 0.2) is 0 Å². The van der Waals surface area contributed by atoms with Gasteiger partial charge in [-0.15, -0.1) is 0 Å². The van der Waals surface area contributed by atoms with E-state index < -0.39 is 0 Å². The van der Waals surface area contributed by atoms with E-state index in [-0.39, 0.29) is 30.2 Å². The third-order valence-corrected chi connectivity index (χ3v) is 4.53. The van der Waals surface area contributed by atoms with Crippen LogP contribution in [0.5, 0.6) is 5.75 Å². The molecule has 0 radical (unpaired) electrons. The summed E-state index contributed by atoms with van der Waals surface area (Å²) in [5.41, 5.74) is 0.989. The van der Waals surface area contributed by atoms with Crippen LogP contribution in [0.25, 0.3) is 0 Å². The first kappa shape index (κ1) is 14.8. The van der Waals surface area contributed by atoms with Crippen LogP contribution in [0, 0.1) is 5.92 Å². The number of hydrogen-bond acceptors (Lipinski definition) is 4. The molecule has 0 spiro atoms. The molecule has 3 heterocycles. The van der Waals surface area contributed by atoms with E-state index in [0.29, 0.717) is 19.7 Å². The summed E-state index contributed by atoms with van der Waals surface area (Å²) in [4.78, 5) is 26.3. The fourth-order valence-corrected chi connectivity index (χ4v) is 3.26. The molecule has 1 fully saturated rings. The minimum absolute atomic E-state index is 0.0189. The minimum atomic E-state index is -0.333. The second-order valence-corrected chi connectivity index (χ2v) is 6.16. The number of nitrogens with zero attached hydrogens (tertiary/aromatic N) is 1. The van der Waals surface area contributed by atoms with Crippen LogP contribution < -0.4 is 10.1 Å². The Kier molecular flexibility index (Phi) is 3.72. The zero-order chi connectivity index (χ0) is 16.5. The van der Waals surface area contributed by atoms with Gasteiger partial charge >= 0.3 is 0 Å². The molecular weight excluding hydrogens is 308 g/mol. The lowest BCUT2D eigenvalue weighted by Crippen LogP contribution is -2.36. The number of rotatable bonds is 4. The maximum atomic E-state index is 12.5. The molecule has 0 bridgehead atoms. The van der Waals surface area contributed by atoms with Crippen molar-refractivity contribution in [1.82, 2.24) is 10.2 Å². The number of carbonyl (C=O) groups is 2. The van der Waals surface area contributed by atoms with Gasteiger partial charge in [-0.05, 0) is 18.2 Å².